The van der Waals surface area contributed by atoms with Crippen molar-refractivity contribution in [1.29, 1.82) is 0 Å². The van der Waals surface area contributed by atoms with Crippen molar-refractivity contribution in [2.75, 3.05) is 34.4 Å². The fourth-order valence-corrected chi connectivity index (χ4v) is 4.25. The Morgan fingerprint density at radius 3 is 2.39 bits per heavy atom. The minimum atomic E-state index is -0.211. The minimum absolute atomic E-state index is 0.133. The van der Waals surface area contributed by atoms with Crippen LogP contribution >= 0.6 is 0 Å². The Balaban J connectivity index is 1.56. The Bertz CT molecular complexity index is 1110. The zero-order chi connectivity index (χ0) is 22.0. The summed E-state index contributed by atoms with van der Waals surface area (Å²) in [6, 6.07) is 11.4. The number of fused-ring (bicyclic) bond motifs is 1. The number of aromatic amines is 1. The number of ketones is 1. The summed E-state index contributed by atoms with van der Waals surface area (Å²) >= 11 is 0. The van der Waals surface area contributed by atoms with Crippen LogP contribution in [-0.2, 0) is 0 Å². The largest absolute Gasteiger partial charge is 0.496 e. The monoisotopic (exact) mass is 420 g/mol. The van der Waals surface area contributed by atoms with Crippen molar-refractivity contribution in [3.63, 3.8) is 0 Å². The number of para-hydroxylation sites is 1. The van der Waals surface area contributed by atoms with Crippen molar-refractivity contribution in [1.82, 2.24) is 9.88 Å². The smallest absolute Gasteiger partial charge is 0.181 e. The van der Waals surface area contributed by atoms with Gasteiger partial charge in [-0.05, 0) is 25.0 Å². The number of ether oxygens (including phenoxy) is 3. The molecule has 162 valence electrons. The molecule has 0 fully saturated rings. The third-order valence-electron chi connectivity index (χ3n) is 6.06. The molecule has 0 spiro atoms. The normalized spacial score (nSPS) is 15.4. The number of carbonyl (C=O) groups excluding carboxylic acids is 1. The van der Waals surface area contributed by atoms with E-state index in [4.69, 9.17) is 14.2 Å². The molecule has 1 N–H and O–H groups in total. The van der Waals surface area contributed by atoms with E-state index in [1.165, 1.54) is 0 Å². The Hall–Kier alpha value is -3.25. The van der Waals surface area contributed by atoms with Crippen molar-refractivity contribution in [2.24, 2.45) is 0 Å². The minimum Gasteiger partial charge on any atom is -0.496 e. The van der Waals surface area contributed by atoms with E-state index in [0.29, 0.717) is 12.3 Å². The molecule has 4 rings (SSSR count). The zero-order valence-electron chi connectivity index (χ0n) is 18.4. The zero-order valence-corrected chi connectivity index (χ0v) is 18.4. The number of carbonyl (C=O) groups is 1. The van der Waals surface area contributed by atoms with Gasteiger partial charge in [-0.15, -0.1) is 0 Å². The number of rotatable bonds is 7. The lowest BCUT2D eigenvalue weighted by molar-refractivity contribution is 0.0853. The molecular weight excluding hydrogens is 392 g/mol. The summed E-state index contributed by atoms with van der Waals surface area (Å²) in [4.78, 5) is 18.6. The first-order valence-electron chi connectivity index (χ1n) is 10.4. The number of aromatic nitrogens is 1. The van der Waals surface area contributed by atoms with E-state index in [-0.39, 0.29) is 11.8 Å². The highest BCUT2D eigenvalue weighted by Crippen LogP contribution is 2.41. The number of nitrogens with one attached hydrogen (secondary N) is 1. The van der Waals surface area contributed by atoms with E-state index in [9.17, 15) is 4.79 Å². The van der Waals surface area contributed by atoms with E-state index in [0.717, 1.165) is 52.1 Å². The van der Waals surface area contributed by atoms with Crippen molar-refractivity contribution in [2.45, 2.75) is 19.4 Å². The Morgan fingerprint density at radius 2 is 1.77 bits per heavy atom. The molecule has 1 aliphatic rings. The van der Waals surface area contributed by atoms with Gasteiger partial charge in [-0.1, -0.05) is 24.3 Å². The van der Waals surface area contributed by atoms with Crippen LogP contribution in [0.25, 0.3) is 16.5 Å². The molecule has 0 radical (unpaired) electrons. The predicted molar refractivity (Wildman–Crippen MR) is 122 cm³/mol. The van der Waals surface area contributed by atoms with Gasteiger partial charge in [-0.3, -0.25) is 9.69 Å². The molecule has 0 saturated heterocycles. The summed E-state index contributed by atoms with van der Waals surface area (Å²) in [6.45, 7) is 3.44. The third-order valence-corrected chi connectivity index (χ3v) is 6.06. The average Bonchev–Trinajstić information content (AvgIpc) is 3.26. The second-order valence-electron chi connectivity index (χ2n) is 7.67. The fourth-order valence-electron chi connectivity index (χ4n) is 4.25. The number of nitrogens with zero attached hydrogens (tertiary/aromatic N) is 1. The number of benzene rings is 2. The van der Waals surface area contributed by atoms with Gasteiger partial charge in [0.2, 0.25) is 0 Å². The summed E-state index contributed by atoms with van der Waals surface area (Å²) in [7, 11) is 4.92. The first-order valence-corrected chi connectivity index (χ1v) is 10.4. The lowest BCUT2D eigenvalue weighted by atomic mass is 9.95. The van der Waals surface area contributed by atoms with Crippen molar-refractivity contribution in [3.8, 4) is 17.2 Å². The lowest BCUT2D eigenvalue weighted by Gasteiger charge is -2.31. The second-order valence-corrected chi connectivity index (χ2v) is 7.67. The molecule has 1 aliphatic heterocycles. The summed E-state index contributed by atoms with van der Waals surface area (Å²) in [6.07, 6.45) is 4.78. The molecule has 0 bridgehead atoms. The van der Waals surface area contributed by atoms with Gasteiger partial charge in [0.25, 0.3) is 0 Å². The molecule has 3 aromatic rings. The third kappa shape index (κ3) is 3.91. The van der Waals surface area contributed by atoms with E-state index in [1.54, 1.807) is 21.3 Å². The highest BCUT2D eigenvalue weighted by atomic mass is 16.5. The first kappa shape index (κ1) is 21.0. The van der Waals surface area contributed by atoms with Gasteiger partial charge in [-0.2, -0.15) is 0 Å². The quantitative estimate of drug-likeness (QED) is 0.568. The standard InChI is InChI=1S/C25H28N2O4/c1-16(25(28)20-15-26-21-8-6-5-7-19(20)21)27-11-9-17(10-12-27)24-22(30-3)13-18(29-2)14-23(24)31-4/h5-9,13-16,26H,10-12H2,1-4H3/t16-/m0/s1. The first-order chi connectivity index (χ1) is 15.1. The van der Waals surface area contributed by atoms with Crippen molar-refractivity contribution < 1.29 is 19.0 Å². The van der Waals surface area contributed by atoms with Crippen LogP contribution in [0, 0.1) is 0 Å². The number of hydrogen-bond acceptors (Lipinski definition) is 5. The molecule has 1 atom stereocenters. The van der Waals surface area contributed by atoms with E-state index < -0.39 is 0 Å². The molecule has 0 unspecified atom stereocenters. The van der Waals surface area contributed by atoms with Crippen molar-refractivity contribution in [3.05, 3.63) is 59.8 Å². The van der Waals surface area contributed by atoms with Gasteiger partial charge in [0, 0.05) is 47.9 Å². The van der Waals surface area contributed by atoms with Crippen LogP contribution in [-0.4, -0.2) is 56.1 Å². The molecule has 0 amide bonds. The molecular formula is C25H28N2O4. The van der Waals surface area contributed by atoms with Crippen LogP contribution in [0.5, 0.6) is 17.2 Å². The maximum Gasteiger partial charge on any atom is 0.181 e. The number of Topliss-reactive ketones (excluding diaryl/α,β-unsaturated/α-hetero) is 1. The van der Waals surface area contributed by atoms with Crippen LogP contribution in [0.4, 0.5) is 0 Å². The summed E-state index contributed by atoms with van der Waals surface area (Å²) in [5.41, 5.74) is 3.83. The van der Waals surface area contributed by atoms with Gasteiger partial charge < -0.3 is 19.2 Å². The summed E-state index contributed by atoms with van der Waals surface area (Å²) in [5.74, 6) is 2.26. The molecule has 6 nitrogen and oxygen atoms in total. The average molecular weight is 421 g/mol. The lowest BCUT2D eigenvalue weighted by Crippen LogP contribution is -2.41. The van der Waals surface area contributed by atoms with Crippen LogP contribution in [0.15, 0.2) is 48.7 Å². The van der Waals surface area contributed by atoms with Gasteiger partial charge in [0.1, 0.15) is 17.2 Å². The van der Waals surface area contributed by atoms with Crippen LogP contribution < -0.4 is 14.2 Å². The highest BCUT2D eigenvalue weighted by Gasteiger charge is 2.27. The van der Waals surface area contributed by atoms with Gasteiger partial charge in [0.05, 0.1) is 32.9 Å². The second kappa shape index (κ2) is 8.86. The predicted octanol–water partition coefficient (Wildman–Crippen LogP) is 4.55. The molecule has 2 aromatic carbocycles. The van der Waals surface area contributed by atoms with E-state index in [1.807, 2.05) is 49.5 Å². The molecule has 6 heteroatoms. The maximum absolute atomic E-state index is 13.2. The topological polar surface area (TPSA) is 63.8 Å². The van der Waals surface area contributed by atoms with E-state index in [2.05, 4.69) is 16.0 Å². The van der Waals surface area contributed by atoms with Crippen LogP contribution in [0.1, 0.15) is 29.3 Å². The molecule has 31 heavy (non-hydrogen) atoms. The molecule has 2 heterocycles. The van der Waals surface area contributed by atoms with Gasteiger partial charge in [-0.25, -0.2) is 0 Å². The van der Waals surface area contributed by atoms with Crippen LogP contribution in [0.2, 0.25) is 0 Å². The van der Waals surface area contributed by atoms with Crippen LogP contribution in [0.3, 0.4) is 0 Å². The van der Waals surface area contributed by atoms with E-state index >= 15 is 0 Å². The Labute approximate surface area is 182 Å². The Morgan fingerprint density at radius 1 is 1.06 bits per heavy atom. The van der Waals surface area contributed by atoms with Crippen molar-refractivity contribution >= 4 is 22.3 Å². The summed E-state index contributed by atoms with van der Waals surface area (Å²) < 4.78 is 16.6. The molecule has 1 aromatic heterocycles. The molecule has 0 aliphatic carbocycles. The number of methoxy groups -OCH3 is 3. The Kier molecular flexibility index (Phi) is 6.00. The molecule has 0 saturated carbocycles. The number of hydrogen-bond donors (Lipinski definition) is 1. The summed E-state index contributed by atoms with van der Waals surface area (Å²) in [5, 5.41) is 0.972. The fraction of sp³-hybridized carbons (Fsp3) is 0.320. The van der Waals surface area contributed by atoms with Gasteiger partial charge in [0.15, 0.2) is 5.78 Å². The maximum atomic E-state index is 13.2. The van der Waals surface area contributed by atoms with Gasteiger partial charge >= 0.3 is 0 Å². The number of H-pyrrole nitrogens is 1. The highest BCUT2D eigenvalue weighted by molar-refractivity contribution is 6.10. The SMILES string of the molecule is COc1cc(OC)c(C2=CCN([C@@H](C)C(=O)c3c[nH]c4ccccc34)CC2)c(OC)c1.